The number of nitrogens with zero attached hydrogens (tertiary/aromatic N) is 2. The van der Waals surface area contributed by atoms with Crippen LogP contribution in [0.2, 0.25) is 0 Å². The van der Waals surface area contributed by atoms with Crippen LogP contribution in [0.3, 0.4) is 0 Å². The first kappa shape index (κ1) is 12.6. The maximum Gasteiger partial charge on any atom is 0.238 e. The summed E-state index contributed by atoms with van der Waals surface area (Å²) >= 11 is 0. The molecule has 0 unspecified atom stereocenters. The number of hydrogen-bond donors (Lipinski definition) is 0. The van der Waals surface area contributed by atoms with Crippen LogP contribution in [0, 0.1) is 30.1 Å². The van der Waals surface area contributed by atoms with Gasteiger partial charge >= 0.3 is 0 Å². The molecule has 4 nitrogen and oxygen atoms in total. The normalized spacial score (nSPS) is 24.7. The van der Waals surface area contributed by atoms with Crippen molar-refractivity contribution in [2.45, 2.75) is 19.8 Å². The van der Waals surface area contributed by atoms with Crippen LogP contribution >= 0.6 is 0 Å². The molecule has 1 aliphatic carbocycles. The standard InChI is InChI=1S/C16H14N2O2/c1-10-6-7-11(9-17)8-14(10)18-15(19)12-4-2-3-5-13(12)16(18)20/h2-3,6-8,12-13H,4-5H2,1H3/t12-,13+. The van der Waals surface area contributed by atoms with Crippen LogP contribution in [0.25, 0.3) is 0 Å². The van der Waals surface area contributed by atoms with E-state index in [-0.39, 0.29) is 23.7 Å². The molecule has 0 bridgehead atoms. The number of fused-ring (bicyclic) bond motifs is 1. The van der Waals surface area contributed by atoms with E-state index in [1.165, 1.54) is 4.90 Å². The van der Waals surface area contributed by atoms with Crippen molar-refractivity contribution in [2.75, 3.05) is 4.90 Å². The minimum atomic E-state index is -0.238. The summed E-state index contributed by atoms with van der Waals surface area (Å²) in [5.41, 5.74) is 1.84. The number of benzene rings is 1. The summed E-state index contributed by atoms with van der Waals surface area (Å²) in [6, 6.07) is 7.14. The fraction of sp³-hybridized carbons (Fsp3) is 0.312. The topological polar surface area (TPSA) is 61.2 Å². The highest BCUT2D eigenvalue weighted by molar-refractivity contribution is 6.22. The average Bonchev–Trinajstić information content (AvgIpc) is 2.72. The van der Waals surface area contributed by atoms with Gasteiger partial charge in [0.25, 0.3) is 0 Å². The number of amides is 2. The minimum absolute atomic E-state index is 0.137. The number of anilines is 1. The number of carbonyl (C=O) groups excluding carboxylic acids is 2. The molecular formula is C16H14N2O2. The smallest absolute Gasteiger partial charge is 0.238 e. The lowest BCUT2D eigenvalue weighted by molar-refractivity contribution is -0.122. The number of carbonyl (C=O) groups is 2. The summed E-state index contributed by atoms with van der Waals surface area (Å²) in [5.74, 6) is -0.750. The zero-order valence-electron chi connectivity index (χ0n) is 11.2. The molecule has 0 radical (unpaired) electrons. The van der Waals surface area contributed by atoms with E-state index in [1.54, 1.807) is 18.2 Å². The van der Waals surface area contributed by atoms with E-state index in [1.807, 2.05) is 25.1 Å². The summed E-state index contributed by atoms with van der Waals surface area (Å²) in [6.07, 6.45) is 5.19. The monoisotopic (exact) mass is 266 g/mol. The van der Waals surface area contributed by atoms with Crippen molar-refractivity contribution in [1.29, 1.82) is 5.26 Å². The molecule has 20 heavy (non-hydrogen) atoms. The van der Waals surface area contributed by atoms with E-state index >= 15 is 0 Å². The van der Waals surface area contributed by atoms with E-state index in [2.05, 4.69) is 0 Å². The lowest BCUT2D eigenvalue weighted by Crippen LogP contribution is -2.31. The Morgan fingerprint density at radius 1 is 1.15 bits per heavy atom. The lowest BCUT2D eigenvalue weighted by atomic mass is 9.85. The van der Waals surface area contributed by atoms with Gasteiger partial charge in [0.2, 0.25) is 11.8 Å². The maximum atomic E-state index is 12.5. The molecule has 0 N–H and O–H groups in total. The highest BCUT2D eigenvalue weighted by Crippen LogP contribution is 2.38. The molecular weight excluding hydrogens is 252 g/mol. The van der Waals surface area contributed by atoms with Crippen molar-refractivity contribution in [2.24, 2.45) is 11.8 Å². The molecule has 0 spiro atoms. The Hall–Kier alpha value is -2.41. The Kier molecular flexibility index (Phi) is 2.90. The average molecular weight is 266 g/mol. The molecule has 0 saturated carbocycles. The largest absolute Gasteiger partial charge is 0.274 e. The summed E-state index contributed by atoms with van der Waals surface area (Å²) in [5, 5.41) is 8.99. The van der Waals surface area contributed by atoms with Gasteiger partial charge in [0.05, 0.1) is 29.2 Å². The van der Waals surface area contributed by atoms with Gasteiger partial charge in [0, 0.05) is 0 Å². The van der Waals surface area contributed by atoms with Gasteiger partial charge in [-0.3, -0.25) is 9.59 Å². The summed E-state index contributed by atoms with van der Waals surface area (Å²) in [6.45, 7) is 1.84. The molecule has 1 aromatic rings. The second kappa shape index (κ2) is 4.61. The molecule has 2 amide bonds. The molecule has 1 fully saturated rings. The number of hydrogen-bond acceptors (Lipinski definition) is 3. The first-order valence-electron chi connectivity index (χ1n) is 6.67. The van der Waals surface area contributed by atoms with Crippen LogP contribution in [0.15, 0.2) is 30.4 Å². The van der Waals surface area contributed by atoms with E-state index < -0.39 is 0 Å². The van der Waals surface area contributed by atoms with Gasteiger partial charge in [0.1, 0.15) is 0 Å². The van der Waals surface area contributed by atoms with Gasteiger partial charge in [-0.25, -0.2) is 4.90 Å². The molecule has 1 saturated heterocycles. The predicted molar refractivity (Wildman–Crippen MR) is 73.7 cm³/mol. The quantitative estimate of drug-likeness (QED) is 0.579. The first-order valence-corrected chi connectivity index (χ1v) is 6.67. The van der Waals surface area contributed by atoms with Gasteiger partial charge in [-0.15, -0.1) is 0 Å². The van der Waals surface area contributed by atoms with E-state index in [0.717, 1.165) is 5.56 Å². The Labute approximate surface area is 117 Å². The number of imide groups is 1. The zero-order valence-corrected chi connectivity index (χ0v) is 11.2. The van der Waals surface area contributed by atoms with Crippen molar-refractivity contribution in [3.05, 3.63) is 41.5 Å². The molecule has 3 rings (SSSR count). The van der Waals surface area contributed by atoms with Crippen LogP contribution in [0.1, 0.15) is 24.0 Å². The summed E-state index contributed by atoms with van der Waals surface area (Å²) < 4.78 is 0. The van der Waals surface area contributed by atoms with Gasteiger partial charge in [-0.1, -0.05) is 18.2 Å². The Morgan fingerprint density at radius 2 is 1.75 bits per heavy atom. The number of rotatable bonds is 1. The molecule has 0 aromatic heterocycles. The third-order valence-corrected chi connectivity index (χ3v) is 4.09. The first-order chi connectivity index (χ1) is 9.63. The third-order valence-electron chi connectivity index (χ3n) is 4.09. The summed E-state index contributed by atoms with van der Waals surface area (Å²) in [4.78, 5) is 26.3. The Morgan fingerprint density at radius 3 is 2.30 bits per heavy atom. The van der Waals surface area contributed by atoms with Gasteiger partial charge in [-0.2, -0.15) is 5.26 Å². The molecule has 2 aliphatic rings. The highest BCUT2D eigenvalue weighted by atomic mass is 16.2. The van der Waals surface area contributed by atoms with Crippen molar-refractivity contribution in [1.82, 2.24) is 0 Å². The molecule has 2 atom stereocenters. The van der Waals surface area contributed by atoms with E-state index in [9.17, 15) is 9.59 Å². The number of aryl methyl sites for hydroxylation is 1. The van der Waals surface area contributed by atoms with Gasteiger partial charge in [-0.05, 0) is 37.5 Å². The Balaban J connectivity index is 2.05. The predicted octanol–water partition coefficient (Wildman–Crippen LogP) is 2.32. The maximum absolute atomic E-state index is 12.5. The van der Waals surface area contributed by atoms with Crippen LogP contribution in [0.5, 0.6) is 0 Å². The second-order valence-corrected chi connectivity index (χ2v) is 5.28. The van der Waals surface area contributed by atoms with Crippen molar-refractivity contribution in [3.8, 4) is 6.07 Å². The minimum Gasteiger partial charge on any atom is -0.274 e. The van der Waals surface area contributed by atoms with Crippen LogP contribution in [-0.2, 0) is 9.59 Å². The van der Waals surface area contributed by atoms with Crippen LogP contribution in [0.4, 0.5) is 5.69 Å². The fourth-order valence-corrected chi connectivity index (χ4v) is 2.96. The lowest BCUT2D eigenvalue weighted by Gasteiger charge is -2.17. The fourth-order valence-electron chi connectivity index (χ4n) is 2.96. The SMILES string of the molecule is Cc1ccc(C#N)cc1N1C(=O)[C@H]2CC=CC[C@H]2C1=O. The molecule has 4 heteroatoms. The Bertz CT molecular complexity index is 644. The van der Waals surface area contributed by atoms with Crippen LogP contribution < -0.4 is 4.90 Å². The number of nitriles is 1. The van der Waals surface area contributed by atoms with Crippen molar-refractivity contribution >= 4 is 17.5 Å². The zero-order chi connectivity index (χ0) is 14.3. The van der Waals surface area contributed by atoms with E-state index in [4.69, 9.17) is 5.26 Å². The highest BCUT2D eigenvalue weighted by Gasteiger charge is 2.48. The number of allylic oxidation sites excluding steroid dienone is 2. The molecule has 1 aliphatic heterocycles. The van der Waals surface area contributed by atoms with Crippen molar-refractivity contribution < 1.29 is 9.59 Å². The molecule has 1 aromatic carbocycles. The molecule has 1 heterocycles. The molecule has 100 valence electrons. The second-order valence-electron chi connectivity index (χ2n) is 5.28. The van der Waals surface area contributed by atoms with E-state index in [0.29, 0.717) is 24.1 Å². The van der Waals surface area contributed by atoms with Crippen LogP contribution in [-0.4, -0.2) is 11.8 Å². The third kappa shape index (κ3) is 1.75. The van der Waals surface area contributed by atoms with Gasteiger partial charge in [0.15, 0.2) is 0 Å². The van der Waals surface area contributed by atoms with Crippen molar-refractivity contribution in [3.63, 3.8) is 0 Å². The van der Waals surface area contributed by atoms with Gasteiger partial charge < -0.3 is 0 Å². The summed E-state index contributed by atoms with van der Waals surface area (Å²) in [7, 11) is 0.